The topological polar surface area (TPSA) is 86.4 Å². The van der Waals surface area contributed by atoms with Crippen molar-refractivity contribution in [2.45, 2.75) is 37.2 Å². The number of benzene rings is 1. The van der Waals surface area contributed by atoms with E-state index in [0.29, 0.717) is 44.2 Å². The lowest BCUT2D eigenvalue weighted by Crippen LogP contribution is -2.51. The molecule has 0 saturated carbocycles. The number of aryl methyl sites for hydroxylation is 1. The molecule has 8 nitrogen and oxygen atoms in total. The molecule has 0 spiro atoms. The van der Waals surface area contributed by atoms with Crippen LogP contribution in [-0.4, -0.2) is 60.8 Å². The zero-order valence-electron chi connectivity index (χ0n) is 15.3. The summed E-state index contributed by atoms with van der Waals surface area (Å²) in [7, 11) is -3.43. The molecule has 1 fully saturated rings. The minimum Gasteiger partial charge on any atom is -0.593 e. The van der Waals surface area contributed by atoms with Crippen molar-refractivity contribution >= 4 is 10.4 Å². The molecule has 9 heteroatoms. The first-order chi connectivity index (χ1) is 13.1. The fourth-order valence-corrected chi connectivity index (χ4v) is 5.21. The van der Waals surface area contributed by atoms with Crippen LogP contribution in [0.2, 0.25) is 0 Å². The molecule has 2 aliphatic rings. The van der Waals surface area contributed by atoms with Gasteiger partial charge in [-0.15, -0.1) is 4.31 Å². The lowest BCUT2D eigenvalue weighted by atomic mass is 10.2. The fourth-order valence-electron chi connectivity index (χ4n) is 3.77. The third kappa shape index (κ3) is 3.77. The van der Waals surface area contributed by atoms with E-state index in [1.807, 2.05) is 6.07 Å². The van der Waals surface area contributed by atoms with Crippen molar-refractivity contribution < 1.29 is 8.76 Å². The third-order valence-corrected chi connectivity index (χ3v) is 7.28. The average molecular weight is 391 g/mol. The molecule has 2 aromatic rings. The summed E-state index contributed by atoms with van der Waals surface area (Å²) in [5, 5.41) is 4.46. The molecule has 1 saturated heterocycles. The van der Waals surface area contributed by atoms with Crippen LogP contribution >= 0.6 is 0 Å². The predicted octanol–water partition coefficient (Wildman–Crippen LogP) is 0.603. The van der Waals surface area contributed by atoms with Crippen LogP contribution in [0.5, 0.6) is 0 Å². The van der Waals surface area contributed by atoms with Crippen molar-refractivity contribution in [2.75, 3.05) is 32.7 Å². The number of sulfonamides is 1. The van der Waals surface area contributed by atoms with Gasteiger partial charge in [0, 0.05) is 32.6 Å². The molecule has 146 valence electrons. The number of piperazine rings is 1. The van der Waals surface area contributed by atoms with Crippen LogP contribution in [-0.2, 0) is 34.1 Å². The lowest BCUT2D eigenvalue weighted by molar-refractivity contribution is 0.173. The van der Waals surface area contributed by atoms with Crippen LogP contribution < -0.4 is 5.69 Å². The second-order valence-corrected chi connectivity index (χ2v) is 9.03. The van der Waals surface area contributed by atoms with E-state index >= 15 is 0 Å². The number of hydrogen-bond acceptors (Lipinski definition) is 5. The minimum atomic E-state index is -3.43. The molecule has 2 aliphatic heterocycles. The number of aromatic nitrogens is 3. The second-order valence-electron chi connectivity index (χ2n) is 7.09. The van der Waals surface area contributed by atoms with E-state index in [1.54, 1.807) is 37.8 Å². The standard InChI is InChI=1S/C18H25N5O3S/c24-18-22-9-5-4-8-17(22)19-23(18)15-12-20-10-13-21(14-11-20)27(25,26)16-6-2-1-3-7-16/h1-3,6-7H,4-5,8-15H2. The van der Waals surface area contributed by atoms with Crippen LogP contribution in [0.1, 0.15) is 18.7 Å². The van der Waals surface area contributed by atoms with E-state index in [4.69, 9.17) is 0 Å². The highest BCUT2D eigenvalue weighted by molar-refractivity contribution is 7.95. The quantitative estimate of drug-likeness (QED) is 0.697. The first-order valence-electron chi connectivity index (χ1n) is 9.50. The van der Waals surface area contributed by atoms with E-state index in [0.717, 1.165) is 31.6 Å². The third-order valence-electron chi connectivity index (χ3n) is 5.37. The highest BCUT2D eigenvalue weighted by Gasteiger charge is 2.33. The fraction of sp³-hybridized carbons (Fsp3) is 0.556. The van der Waals surface area contributed by atoms with Gasteiger partial charge < -0.3 is 4.55 Å². The Morgan fingerprint density at radius 1 is 1.00 bits per heavy atom. The Morgan fingerprint density at radius 3 is 2.44 bits per heavy atom. The number of hydrogen-bond donors (Lipinski definition) is 0. The Hall–Kier alpha value is -1.81. The largest absolute Gasteiger partial charge is 0.593 e. The Balaban J connectivity index is 1.33. The van der Waals surface area contributed by atoms with Crippen LogP contribution in [0, 0.1) is 0 Å². The summed E-state index contributed by atoms with van der Waals surface area (Å²) in [6.07, 6.45) is 3.00. The van der Waals surface area contributed by atoms with E-state index in [9.17, 15) is 13.6 Å². The van der Waals surface area contributed by atoms with Gasteiger partial charge in [-0.05, 0) is 25.0 Å². The normalized spacial score (nSPS) is 20.9. The van der Waals surface area contributed by atoms with Crippen molar-refractivity contribution in [1.29, 1.82) is 0 Å². The van der Waals surface area contributed by atoms with E-state index < -0.39 is 10.4 Å². The maximum atomic E-state index is 12.7. The summed E-state index contributed by atoms with van der Waals surface area (Å²) in [6.45, 7) is 4.27. The first-order valence-corrected chi connectivity index (χ1v) is 10.9. The van der Waals surface area contributed by atoms with E-state index in [1.165, 1.54) is 0 Å². The van der Waals surface area contributed by atoms with Gasteiger partial charge in [-0.1, -0.05) is 22.4 Å². The van der Waals surface area contributed by atoms with Gasteiger partial charge >= 0.3 is 5.69 Å². The molecule has 0 amide bonds. The van der Waals surface area contributed by atoms with Crippen molar-refractivity contribution in [1.82, 2.24) is 23.6 Å². The maximum Gasteiger partial charge on any atom is 0.345 e. The van der Waals surface area contributed by atoms with Crippen LogP contribution in [0.25, 0.3) is 0 Å². The summed E-state index contributed by atoms with van der Waals surface area (Å²) in [5.74, 6) is 0.894. The van der Waals surface area contributed by atoms with Gasteiger partial charge in [-0.2, -0.15) is 5.10 Å². The van der Waals surface area contributed by atoms with Crippen molar-refractivity contribution in [3.8, 4) is 0 Å². The molecule has 0 N–H and O–H groups in total. The SMILES string of the molecule is O=c1n(CCN2CCN([S+](=O)([O-])c3ccccc3)CC2)nc2n1CCCC2. The van der Waals surface area contributed by atoms with Gasteiger partial charge in [0.1, 0.15) is 5.82 Å². The van der Waals surface area contributed by atoms with Crippen molar-refractivity contribution in [2.24, 2.45) is 0 Å². The molecule has 1 aromatic heterocycles. The summed E-state index contributed by atoms with van der Waals surface area (Å²) in [5.41, 5.74) is -0.0185. The van der Waals surface area contributed by atoms with E-state index in [-0.39, 0.29) is 5.69 Å². The Labute approximate surface area is 159 Å². The number of rotatable bonds is 5. The highest BCUT2D eigenvalue weighted by Crippen LogP contribution is 2.22. The Kier molecular flexibility index (Phi) is 5.27. The molecule has 1 atom stereocenters. The summed E-state index contributed by atoms with van der Waals surface area (Å²) in [6, 6.07) is 8.56. The van der Waals surface area contributed by atoms with Crippen LogP contribution in [0.4, 0.5) is 0 Å². The van der Waals surface area contributed by atoms with Crippen LogP contribution in [0.15, 0.2) is 40.0 Å². The van der Waals surface area contributed by atoms with Gasteiger partial charge in [0.2, 0.25) is 0 Å². The first kappa shape index (κ1) is 18.5. The van der Waals surface area contributed by atoms with Gasteiger partial charge in [0.05, 0.1) is 19.6 Å². The predicted molar refractivity (Wildman–Crippen MR) is 101 cm³/mol. The molecule has 1 unspecified atom stereocenters. The minimum absolute atomic E-state index is 0.0185. The number of nitrogens with zero attached hydrogens (tertiary/aromatic N) is 5. The molecule has 0 aliphatic carbocycles. The molecule has 0 radical (unpaired) electrons. The second kappa shape index (κ2) is 7.67. The van der Waals surface area contributed by atoms with Gasteiger partial charge in [-0.3, -0.25) is 9.47 Å². The highest BCUT2D eigenvalue weighted by atomic mass is 32.3. The summed E-state index contributed by atoms with van der Waals surface area (Å²) >= 11 is 0. The van der Waals surface area contributed by atoms with Crippen molar-refractivity contribution in [3.63, 3.8) is 0 Å². The molecule has 4 rings (SSSR count). The molecule has 1 aromatic carbocycles. The lowest BCUT2D eigenvalue weighted by Gasteiger charge is -2.35. The summed E-state index contributed by atoms with van der Waals surface area (Å²) in [4.78, 5) is 14.9. The molecule has 3 heterocycles. The van der Waals surface area contributed by atoms with Crippen LogP contribution in [0.3, 0.4) is 0 Å². The zero-order valence-corrected chi connectivity index (χ0v) is 16.1. The zero-order chi connectivity index (χ0) is 18.9. The monoisotopic (exact) mass is 391 g/mol. The molecule has 0 bridgehead atoms. The molecular formula is C18H25N5O3S. The maximum absolute atomic E-state index is 12.7. The molecule has 27 heavy (non-hydrogen) atoms. The molecular weight excluding hydrogens is 366 g/mol. The van der Waals surface area contributed by atoms with Gasteiger partial charge in [0.25, 0.3) is 0 Å². The van der Waals surface area contributed by atoms with E-state index in [2.05, 4.69) is 10.00 Å². The van der Waals surface area contributed by atoms with Gasteiger partial charge in [0.15, 0.2) is 15.3 Å². The van der Waals surface area contributed by atoms with Gasteiger partial charge in [-0.25, -0.2) is 9.48 Å². The Bertz CT molecular complexity index is 886. The summed E-state index contributed by atoms with van der Waals surface area (Å²) < 4.78 is 30.2. The smallest absolute Gasteiger partial charge is 0.345 e. The van der Waals surface area contributed by atoms with Crippen molar-refractivity contribution in [3.05, 3.63) is 46.6 Å². The number of fused-ring (bicyclic) bond motifs is 1. The average Bonchev–Trinajstić information content (AvgIpc) is 3.03. The Morgan fingerprint density at radius 2 is 1.74 bits per heavy atom.